The van der Waals surface area contributed by atoms with Gasteiger partial charge < -0.3 is 20.0 Å². The van der Waals surface area contributed by atoms with Gasteiger partial charge >= 0.3 is 0 Å². The minimum Gasteiger partial charge on any atom is -0.360 e. The standard InChI is InChI=1S/C23H33N5OS/c1-4-24-23(28-15-13-27(14-16-28)21-8-7-17-30-21)25-18-19-9-11-20(12-10-19)22(29)26(5-2)6-3/h7-12,17H,4-6,13-16,18H2,1-3H3,(H,24,25). The highest BCUT2D eigenvalue weighted by molar-refractivity contribution is 7.14. The van der Waals surface area contributed by atoms with Gasteiger partial charge in [-0.1, -0.05) is 12.1 Å². The summed E-state index contributed by atoms with van der Waals surface area (Å²) in [5.41, 5.74) is 1.85. The van der Waals surface area contributed by atoms with E-state index in [0.717, 1.165) is 62.9 Å². The molecule has 1 fully saturated rings. The Morgan fingerprint density at radius 3 is 2.33 bits per heavy atom. The average Bonchev–Trinajstić information content (AvgIpc) is 3.33. The van der Waals surface area contributed by atoms with E-state index in [9.17, 15) is 4.79 Å². The van der Waals surface area contributed by atoms with Crippen LogP contribution in [0.4, 0.5) is 5.00 Å². The summed E-state index contributed by atoms with van der Waals surface area (Å²) in [7, 11) is 0. The molecule has 0 radical (unpaired) electrons. The Morgan fingerprint density at radius 2 is 1.77 bits per heavy atom. The first kappa shape index (κ1) is 22.2. The van der Waals surface area contributed by atoms with Crippen molar-refractivity contribution >= 4 is 28.2 Å². The summed E-state index contributed by atoms with van der Waals surface area (Å²) in [5.74, 6) is 1.05. The number of piperazine rings is 1. The van der Waals surface area contributed by atoms with Gasteiger partial charge in [0.25, 0.3) is 5.91 Å². The summed E-state index contributed by atoms with van der Waals surface area (Å²) < 4.78 is 0. The highest BCUT2D eigenvalue weighted by Crippen LogP contribution is 2.22. The Balaban J connectivity index is 1.60. The van der Waals surface area contributed by atoms with Gasteiger partial charge in [0.05, 0.1) is 11.5 Å². The largest absolute Gasteiger partial charge is 0.360 e. The third-order valence-corrected chi connectivity index (χ3v) is 6.32. The summed E-state index contributed by atoms with van der Waals surface area (Å²) >= 11 is 1.80. The molecule has 1 N–H and O–H groups in total. The van der Waals surface area contributed by atoms with Gasteiger partial charge in [-0.25, -0.2) is 4.99 Å². The second kappa shape index (κ2) is 11.0. The quantitative estimate of drug-likeness (QED) is 0.543. The molecule has 0 atom stereocenters. The zero-order valence-electron chi connectivity index (χ0n) is 18.3. The molecule has 30 heavy (non-hydrogen) atoms. The lowest BCUT2D eigenvalue weighted by molar-refractivity contribution is 0.0773. The summed E-state index contributed by atoms with van der Waals surface area (Å²) in [4.78, 5) is 23.9. The van der Waals surface area contributed by atoms with Crippen molar-refractivity contribution in [2.24, 2.45) is 4.99 Å². The van der Waals surface area contributed by atoms with Gasteiger partial charge in [-0.05, 0) is 56.0 Å². The Kier molecular flexibility index (Phi) is 8.13. The fraction of sp³-hybridized carbons (Fsp3) is 0.478. The van der Waals surface area contributed by atoms with Gasteiger partial charge in [0.1, 0.15) is 0 Å². The molecule has 1 saturated heterocycles. The molecule has 2 heterocycles. The van der Waals surface area contributed by atoms with Crippen LogP contribution in [-0.4, -0.2) is 67.5 Å². The van der Waals surface area contributed by atoms with Crippen molar-refractivity contribution in [3.8, 4) is 0 Å². The fourth-order valence-corrected chi connectivity index (χ4v) is 4.41. The fourth-order valence-electron chi connectivity index (χ4n) is 3.63. The zero-order valence-corrected chi connectivity index (χ0v) is 19.1. The molecule has 3 rings (SSSR count). The van der Waals surface area contributed by atoms with E-state index in [0.29, 0.717) is 6.54 Å². The number of carbonyl (C=O) groups is 1. The number of thiophene rings is 1. The van der Waals surface area contributed by atoms with Crippen molar-refractivity contribution in [2.45, 2.75) is 27.3 Å². The highest BCUT2D eigenvalue weighted by atomic mass is 32.1. The van der Waals surface area contributed by atoms with Gasteiger partial charge in [0, 0.05) is 51.4 Å². The monoisotopic (exact) mass is 427 g/mol. The normalized spacial score (nSPS) is 14.7. The highest BCUT2D eigenvalue weighted by Gasteiger charge is 2.20. The first-order valence-electron chi connectivity index (χ1n) is 10.9. The second-order valence-electron chi connectivity index (χ2n) is 7.27. The molecule has 0 spiro atoms. The molecule has 0 aliphatic carbocycles. The van der Waals surface area contributed by atoms with Gasteiger partial charge in [0.2, 0.25) is 0 Å². The van der Waals surface area contributed by atoms with E-state index < -0.39 is 0 Å². The molecule has 6 nitrogen and oxygen atoms in total. The van der Waals surface area contributed by atoms with Crippen molar-refractivity contribution < 1.29 is 4.79 Å². The molecule has 0 saturated carbocycles. The van der Waals surface area contributed by atoms with E-state index in [1.807, 2.05) is 43.0 Å². The summed E-state index contributed by atoms with van der Waals surface area (Å²) in [6.45, 7) is 13.0. The van der Waals surface area contributed by atoms with E-state index in [1.165, 1.54) is 5.00 Å². The molecule has 1 aromatic heterocycles. The molecule has 2 aromatic rings. The number of amides is 1. The third kappa shape index (κ3) is 5.53. The molecular weight excluding hydrogens is 394 g/mol. The predicted molar refractivity (Wildman–Crippen MR) is 127 cm³/mol. The molecule has 162 valence electrons. The Labute approximate surface area is 184 Å². The molecule has 0 unspecified atom stereocenters. The van der Waals surface area contributed by atoms with Gasteiger partial charge in [-0.2, -0.15) is 0 Å². The Hall–Kier alpha value is -2.54. The third-order valence-electron chi connectivity index (χ3n) is 5.39. The van der Waals surface area contributed by atoms with Crippen LogP contribution in [0.3, 0.4) is 0 Å². The van der Waals surface area contributed by atoms with E-state index in [4.69, 9.17) is 4.99 Å². The SMILES string of the molecule is CCNC(=NCc1ccc(C(=O)N(CC)CC)cc1)N1CCN(c2cccs2)CC1. The minimum atomic E-state index is 0.0898. The van der Waals surface area contributed by atoms with Crippen molar-refractivity contribution in [2.75, 3.05) is 50.7 Å². The lowest BCUT2D eigenvalue weighted by atomic mass is 10.1. The Bertz CT molecular complexity index is 807. The van der Waals surface area contributed by atoms with Crippen LogP contribution in [0.15, 0.2) is 46.8 Å². The molecule has 1 aromatic carbocycles. The molecule has 7 heteroatoms. The summed E-state index contributed by atoms with van der Waals surface area (Å²) in [5, 5.41) is 6.91. The number of hydrogen-bond donors (Lipinski definition) is 1. The molecular formula is C23H33N5OS. The van der Waals surface area contributed by atoms with Crippen molar-refractivity contribution in [1.29, 1.82) is 0 Å². The summed E-state index contributed by atoms with van der Waals surface area (Å²) in [6, 6.07) is 12.2. The second-order valence-corrected chi connectivity index (χ2v) is 8.20. The van der Waals surface area contributed by atoms with Gasteiger partial charge in [-0.15, -0.1) is 11.3 Å². The number of anilines is 1. The predicted octanol–water partition coefficient (Wildman–Crippen LogP) is 3.52. The maximum Gasteiger partial charge on any atom is 0.253 e. The maximum atomic E-state index is 12.5. The maximum absolute atomic E-state index is 12.5. The van der Waals surface area contributed by atoms with Crippen molar-refractivity contribution in [3.05, 3.63) is 52.9 Å². The minimum absolute atomic E-state index is 0.0898. The van der Waals surface area contributed by atoms with Gasteiger partial charge in [-0.3, -0.25) is 4.79 Å². The number of rotatable bonds is 7. The van der Waals surface area contributed by atoms with Crippen LogP contribution in [0, 0.1) is 0 Å². The molecule has 1 aliphatic heterocycles. The molecule has 1 aliphatic rings. The number of benzene rings is 1. The van der Waals surface area contributed by atoms with Crippen molar-refractivity contribution in [3.63, 3.8) is 0 Å². The van der Waals surface area contributed by atoms with Crippen LogP contribution in [0.1, 0.15) is 36.7 Å². The van der Waals surface area contributed by atoms with Crippen LogP contribution in [0.25, 0.3) is 0 Å². The smallest absolute Gasteiger partial charge is 0.253 e. The number of hydrogen-bond acceptors (Lipinski definition) is 4. The van der Waals surface area contributed by atoms with Crippen LogP contribution in [0.2, 0.25) is 0 Å². The van der Waals surface area contributed by atoms with E-state index in [1.54, 1.807) is 11.3 Å². The van der Waals surface area contributed by atoms with Crippen LogP contribution < -0.4 is 10.2 Å². The number of nitrogens with one attached hydrogen (secondary N) is 1. The van der Waals surface area contributed by atoms with Crippen LogP contribution >= 0.6 is 11.3 Å². The first-order valence-corrected chi connectivity index (χ1v) is 11.7. The molecule has 0 bridgehead atoms. The van der Waals surface area contributed by atoms with E-state index >= 15 is 0 Å². The van der Waals surface area contributed by atoms with E-state index in [-0.39, 0.29) is 5.91 Å². The number of aliphatic imine (C=N–C) groups is 1. The average molecular weight is 428 g/mol. The number of guanidine groups is 1. The zero-order chi connectivity index (χ0) is 21.3. The lowest BCUT2D eigenvalue weighted by Gasteiger charge is -2.37. The summed E-state index contributed by atoms with van der Waals surface area (Å²) in [6.07, 6.45) is 0. The van der Waals surface area contributed by atoms with Crippen LogP contribution in [-0.2, 0) is 6.54 Å². The first-order chi connectivity index (χ1) is 14.7. The van der Waals surface area contributed by atoms with Gasteiger partial charge in [0.15, 0.2) is 5.96 Å². The van der Waals surface area contributed by atoms with Crippen molar-refractivity contribution in [1.82, 2.24) is 15.1 Å². The van der Waals surface area contributed by atoms with Crippen LogP contribution in [0.5, 0.6) is 0 Å². The van der Waals surface area contributed by atoms with E-state index in [2.05, 4.69) is 39.6 Å². The Morgan fingerprint density at radius 1 is 1.07 bits per heavy atom. The topological polar surface area (TPSA) is 51.2 Å². The number of carbonyl (C=O) groups excluding carboxylic acids is 1. The number of nitrogens with zero attached hydrogens (tertiary/aromatic N) is 4. The molecule has 1 amide bonds. The lowest BCUT2D eigenvalue weighted by Crippen LogP contribution is -2.52.